The van der Waals surface area contributed by atoms with Crippen molar-refractivity contribution in [3.8, 4) is 11.5 Å². The maximum absolute atomic E-state index is 12.4. The van der Waals surface area contributed by atoms with Gasteiger partial charge in [-0.25, -0.2) is 5.01 Å². The third kappa shape index (κ3) is 6.81. The number of nitrogens with one attached hydrogen (secondary N) is 1. The molecule has 7 nitrogen and oxygen atoms in total. The number of hydrazone groups is 1. The van der Waals surface area contributed by atoms with E-state index in [1.165, 1.54) is 0 Å². The van der Waals surface area contributed by atoms with E-state index < -0.39 is 0 Å². The fraction of sp³-hybridized carbons (Fsp3) is 0.423. The predicted octanol–water partition coefficient (Wildman–Crippen LogP) is 4.79. The van der Waals surface area contributed by atoms with Crippen LogP contribution in [0.3, 0.4) is 0 Å². The summed E-state index contributed by atoms with van der Waals surface area (Å²) in [6.07, 6.45) is 5.33. The first-order valence-corrected chi connectivity index (χ1v) is 11.5. The third-order valence-electron chi connectivity index (χ3n) is 5.68. The Bertz CT molecular complexity index is 986. The lowest BCUT2D eigenvalue weighted by molar-refractivity contribution is -0.131. The van der Waals surface area contributed by atoms with Crippen molar-refractivity contribution < 1.29 is 19.1 Å². The molecule has 0 spiro atoms. The van der Waals surface area contributed by atoms with Gasteiger partial charge in [-0.15, -0.1) is 0 Å². The first kappa shape index (κ1) is 24.3. The number of rotatable bonds is 11. The molecule has 0 aliphatic carbocycles. The predicted molar refractivity (Wildman–Crippen MR) is 130 cm³/mol. The normalized spacial score (nSPS) is 13.5. The molecule has 0 aromatic heterocycles. The van der Waals surface area contributed by atoms with Gasteiger partial charge in [0.25, 0.3) is 0 Å². The minimum Gasteiger partial charge on any atom is -0.493 e. The van der Waals surface area contributed by atoms with E-state index in [1.807, 2.05) is 42.5 Å². The van der Waals surface area contributed by atoms with E-state index in [-0.39, 0.29) is 11.8 Å². The molecular weight excluding hydrogens is 418 g/mol. The van der Waals surface area contributed by atoms with Crippen LogP contribution in [0.1, 0.15) is 56.6 Å². The van der Waals surface area contributed by atoms with Crippen LogP contribution in [0, 0.1) is 0 Å². The molecule has 2 aromatic carbocycles. The number of benzene rings is 2. The lowest BCUT2D eigenvalue weighted by Crippen LogP contribution is -2.33. The molecule has 1 N–H and O–H groups in total. The number of ether oxygens (including phenoxy) is 2. The monoisotopic (exact) mass is 451 g/mol. The minimum atomic E-state index is 0.0233. The van der Waals surface area contributed by atoms with Crippen molar-refractivity contribution >= 4 is 23.2 Å². The molecule has 2 aromatic rings. The standard InChI is InChI=1S/C26H33N3O4/c1-4-5-6-7-25(30)27-21-11-8-19(9-12-21)16-17-29-26(31)15-13-22(28-29)20-10-14-23(32-2)24(18-20)33-3/h8-12,14,18H,4-7,13,15-17H2,1-3H3,(H,27,30). The van der Waals surface area contributed by atoms with Gasteiger partial charge in [0.05, 0.1) is 19.9 Å². The van der Waals surface area contributed by atoms with Gasteiger partial charge in [0, 0.05) is 37.1 Å². The second kappa shape index (κ2) is 12.0. The van der Waals surface area contributed by atoms with Crippen molar-refractivity contribution in [2.24, 2.45) is 5.10 Å². The highest BCUT2D eigenvalue weighted by Gasteiger charge is 2.22. The Morgan fingerprint density at radius 2 is 1.79 bits per heavy atom. The highest BCUT2D eigenvalue weighted by molar-refractivity contribution is 6.04. The number of hydrogen-bond acceptors (Lipinski definition) is 5. The van der Waals surface area contributed by atoms with E-state index in [9.17, 15) is 9.59 Å². The average molecular weight is 452 g/mol. The molecule has 176 valence electrons. The maximum Gasteiger partial charge on any atom is 0.243 e. The fourth-order valence-corrected chi connectivity index (χ4v) is 3.75. The molecular formula is C26H33N3O4. The Labute approximate surface area is 195 Å². The van der Waals surface area contributed by atoms with E-state index in [2.05, 4.69) is 17.3 Å². The zero-order valence-corrected chi connectivity index (χ0v) is 19.7. The molecule has 7 heteroatoms. The first-order chi connectivity index (χ1) is 16.0. The molecule has 1 aliphatic heterocycles. The van der Waals surface area contributed by atoms with Gasteiger partial charge < -0.3 is 14.8 Å². The van der Waals surface area contributed by atoms with Gasteiger partial charge in [0.15, 0.2) is 11.5 Å². The minimum absolute atomic E-state index is 0.0233. The molecule has 1 aliphatic rings. The van der Waals surface area contributed by atoms with Gasteiger partial charge in [-0.1, -0.05) is 31.9 Å². The summed E-state index contributed by atoms with van der Waals surface area (Å²) in [5.41, 5.74) is 3.66. The molecule has 0 radical (unpaired) electrons. The second-order valence-corrected chi connectivity index (χ2v) is 8.09. The number of nitrogens with zero attached hydrogens (tertiary/aromatic N) is 2. The van der Waals surface area contributed by atoms with Crippen molar-refractivity contribution in [1.29, 1.82) is 0 Å². The fourth-order valence-electron chi connectivity index (χ4n) is 3.75. The topological polar surface area (TPSA) is 80.2 Å². The molecule has 0 unspecified atom stereocenters. The summed E-state index contributed by atoms with van der Waals surface area (Å²) in [4.78, 5) is 24.4. The number of anilines is 1. The Kier molecular flexibility index (Phi) is 8.87. The van der Waals surface area contributed by atoms with Crippen molar-refractivity contribution in [2.45, 2.75) is 51.9 Å². The van der Waals surface area contributed by atoms with Gasteiger partial charge in [-0.2, -0.15) is 5.10 Å². The van der Waals surface area contributed by atoms with Gasteiger partial charge in [0.1, 0.15) is 0 Å². The van der Waals surface area contributed by atoms with Crippen molar-refractivity contribution in [3.63, 3.8) is 0 Å². The number of amides is 2. The number of carbonyl (C=O) groups excluding carboxylic acids is 2. The Hall–Kier alpha value is -3.35. The van der Waals surface area contributed by atoms with E-state index in [4.69, 9.17) is 9.47 Å². The molecule has 0 fully saturated rings. The lowest BCUT2D eigenvalue weighted by atomic mass is 10.0. The van der Waals surface area contributed by atoms with E-state index in [0.717, 1.165) is 41.8 Å². The lowest BCUT2D eigenvalue weighted by Gasteiger charge is -2.24. The summed E-state index contributed by atoms with van der Waals surface area (Å²) >= 11 is 0. The van der Waals surface area contributed by atoms with Crippen LogP contribution in [0.2, 0.25) is 0 Å². The zero-order chi connectivity index (χ0) is 23.6. The Morgan fingerprint density at radius 1 is 1.03 bits per heavy atom. The summed E-state index contributed by atoms with van der Waals surface area (Å²) in [5.74, 6) is 1.37. The highest BCUT2D eigenvalue weighted by Crippen LogP contribution is 2.29. The number of hydrogen-bond donors (Lipinski definition) is 1. The molecule has 0 bridgehead atoms. The van der Waals surface area contributed by atoms with Crippen LogP contribution in [0.15, 0.2) is 47.6 Å². The summed E-state index contributed by atoms with van der Waals surface area (Å²) < 4.78 is 10.7. The van der Waals surface area contributed by atoms with Crippen molar-refractivity contribution in [3.05, 3.63) is 53.6 Å². The van der Waals surface area contributed by atoms with Crippen LogP contribution in [0.4, 0.5) is 5.69 Å². The van der Waals surface area contributed by atoms with Crippen LogP contribution in [-0.4, -0.2) is 43.3 Å². The van der Waals surface area contributed by atoms with Crippen LogP contribution >= 0.6 is 0 Å². The Balaban J connectivity index is 1.60. The molecule has 3 rings (SSSR count). The van der Waals surface area contributed by atoms with Crippen molar-refractivity contribution in [1.82, 2.24) is 5.01 Å². The van der Waals surface area contributed by atoms with E-state index in [0.29, 0.717) is 43.7 Å². The summed E-state index contributed by atoms with van der Waals surface area (Å²) in [7, 11) is 3.20. The van der Waals surface area contributed by atoms with Crippen LogP contribution in [-0.2, 0) is 16.0 Å². The van der Waals surface area contributed by atoms with E-state index >= 15 is 0 Å². The maximum atomic E-state index is 12.4. The highest BCUT2D eigenvalue weighted by atomic mass is 16.5. The SMILES string of the molecule is CCCCCC(=O)Nc1ccc(CCN2N=C(c3ccc(OC)c(OC)c3)CCC2=O)cc1. The van der Waals surface area contributed by atoms with Crippen LogP contribution < -0.4 is 14.8 Å². The second-order valence-electron chi connectivity index (χ2n) is 8.09. The largest absolute Gasteiger partial charge is 0.493 e. The molecule has 0 saturated heterocycles. The summed E-state index contributed by atoms with van der Waals surface area (Å²) in [5, 5.41) is 9.11. The first-order valence-electron chi connectivity index (χ1n) is 11.5. The number of unbranched alkanes of at least 4 members (excludes halogenated alkanes) is 2. The third-order valence-corrected chi connectivity index (χ3v) is 5.68. The Morgan fingerprint density at radius 3 is 2.48 bits per heavy atom. The molecule has 2 amide bonds. The molecule has 1 heterocycles. The number of methoxy groups -OCH3 is 2. The van der Waals surface area contributed by atoms with Gasteiger partial charge in [-0.05, 0) is 48.7 Å². The average Bonchev–Trinajstić information content (AvgIpc) is 2.84. The molecule has 0 saturated carbocycles. The van der Waals surface area contributed by atoms with Gasteiger partial charge >= 0.3 is 0 Å². The van der Waals surface area contributed by atoms with Crippen molar-refractivity contribution in [2.75, 3.05) is 26.1 Å². The van der Waals surface area contributed by atoms with E-state index in [1.54, 1.807) is 19.2 Å². The quantitative estimate of drug-likeness (QED) is 0.498. The smallest absolute Gasteiger partial charge is 0.243 e. The van der Waals surface area contributed by atoms with Crippen LogP contribution in [0.25, 0.3) is 0 Å². The molecule has 33 heavy (non-hydrogen) atoms. The number of carbonyl (C=O) groups is 2. The summed E-state index contributed by atoms with van der Waals surface area (Å²) in [6.45, 7) is 2.62. The zero-order valence-electron chi connectivity index (χ0n) is 19.7. The summed E-state index contributed by atoms with van der Waals surface area (Å²) in [6, 6.07) is 13.4. The molecule has 0 atom stereocenters. The van der Waals surface area contributed by atoms with Crippen LogP contribution in [0.5, 0.6) is 11.5 Å². The van der Waals surface area contributed by atoms with Gasteiger partial charge in [0.2, 0.25) is 11.8 Å². The van der Waals surface area contributed by atoms with Gasteiger partial charge in [-0.3, -0.25) is 9.59 Å².